The van der Waals surface area contributed by atoms with Crippen LogP contribution >= 0.6 is 0 Å². The zero-order valence-electron chi connectivity index (χ0n) is 11.0. The van der Waals surface area contributed by atoms with Crippen LogP contribution < -0.4 is 0 Å². The van der Waals surface area contributed by atoms with E-state index < -0.39 is 5.60 Å². The van der Waals surface area contributed by atoms with Crippen molar-refractivity contribution >= 4 is 5.97 Å². The predicted molar refractivity (Wildman–Crippen MR) is 67.7 cm³/mol. The minimum absolute atomic E-state index is 0.0482. The summed E-state index contributed by atoms with van der Waals surface area (Å²) in [5, 5.41) is 10.5. The Balaban J connectivity index is 1.99. The average molecular weight is 248 g/mol. The van der Waals surface area contributed by atoms with Crippen LogP contribution in [0.25, 0.3) is 0 Å². The van der Waals surface area contributed by atoms with Gasteiger partial charge >= 0.3 is 5.97 Å². The summed E-state index contributed by atoms with van der Waals surface area (Å²) in [7, 11) is 0. The Kier molecular flexibility index (Phi) is 2.46. The average Bonchev–Trinajstić information content (AvgIpc) is 2.65. The van der Waals surface area contributed by atoms with Crippen molar-refractivity contribution in [2.45, 2.75) is 44.8 Å². The first-order valence-electron chi connectivity index (χ1n) is 6.70. The molecular formula is C15H20O3. The summed E-state index contributed by atoms with van der Waals surface area (Å²) in [5.41, 5.74) is 1.21. The SMILES string of the molecule is C=C1C(=O)O[C@H]2C=C(C)[C@@H]3CC[C@](C)(O)[C@@H]3C[C@H]12. The largest absolute Gasteiger partial charge is 0.454 e. The molecule has 3 heteroatoms. The fourth-order valence-electron chi connectivity index (χ4n) is 3.94. The maximum absolute atomic E-state index is 11.6. The normalized spacial score (nSPS) is 47.2. The highest BCUT2D eigenvalue weighted by atomic mass is 16.5. The molecule has 0 aromatic carbocycles. The fraction of sp³-hybridized carbons (Fsp3) is 0.667. The molecule has 0 radical (unpaired) electrons. The van der Waals surface area contributed by atoms with Crippen molar-refractivity contribution in [3.63, 3.8) is 0 Å². The van der Waals surface area contributed by atoms with Crippen molar-refractivity contribution in [3.8, 4) is 0 Å². The number of esters is 1. The lowest BCUT2D eigenvalue weighted by Crippen LogP contribution is -2.33. The number of allylic oxidation sites excluding steroid dienone is 1. The van der Waals surface area contributed by atoms with Gasteiger partial charge in [-0.25, -0.2) is 4.79 Å². The molecule has 0 bridgehead atoms. The first-order valence-corrected chi connectivity index (χ1v) is 6.70. The van der Waals surface area contributed by atoms with Crippen LogP contribution in [-0.4, -0.2) is 22.8 Å². The molecule has 1 aliphatic heterocycles. The third kappa shape index (κ3) is 1.57. The summed E-state index contributed by atoms with van der Waals surface area (Å²) in [6, 6.07) is 0. The van der Waals surface area contributed by atoms with E-state index in [1.807, 2.05) is 6.92 Å². The number of carbonyl (C=O) groups excluding carboxylic acids is 1. The highest BCUT2D eigenvalue weighted by molar-refractivity contribution is 5.91. The molecule has 0 spiro atoms. The first-order chi connectivity index (χ1) is 8.40. The monoisotopic (exact) mass is 248 g/mol. The van der Waals surface area contributed by atoms with Crippen LogP contribution in [0.5, 0.6) is 0 Å². The molecule has 2 fully saturated rings. The second-order valence-corrected chi connectivity index (χ2v) is 6.26. The molecule has 0 aromatic heterocycles. The van der Waals surface area contributed by atoms with Crippen LogP contribution in [0.3, 0.4) is 0 Å². The van der Waals surface area contributed by atoms with Gasteiger partial charge in [-0.05, 0) is 51.0 Å². The molecule has 3 rings (SSSR count). The molecule has 1 saturated heterocycles. The van der Waals surface area contributed by atoms with Crippen molar-refractivity contribution in [2.24, 2.45) is 17.8 Å². The molecule has 0 amide bonds. The Bertz CT molecular complexity index is 447. The van der Waals surface area contributed by atoms with E-state index in [1.54, 1.807) is 0 Å². The molecule has 0 unspecified atom stereocenters. The van der Waals surface area contributed by atoms with E-state index in [-0.39, 0.29) is 23.9 Å². The third-order valence-electron chi connectivity index (χ3n) is 5.12. The van der Waals surface area contributed by atoms with Gasteiger partial charge in [-0.1, -0.05) is 12.2 Å². The first kappa shape index (κ1) is 12.0. The minimum Gasteiger partial charge on any atom is -0.454 e. The molecule has 2 aliphatic carbocycles. The minimum atomic E-state index is -0.624. The Hall–Kier alpha value is -1.09. The number of ether oxygens (including phenoxy) is 1. The molecule has 98 valence electrons. The van der Waals surface area contributed by atoms with Crippen molar-refractivity contribution in [1.29, 1.82) is 0 Å². The summed E-state index contributed by atoms with van der Waals surface area (Å²) in [6.45, 7) is 7.88. The van der Waals surface area contributed by atoms with Gasteiger partial charge in [0.15, 0.2) is 0 Å². The molecule has 18 heavy (non-hydrogen) atoms. The van der Waals surface area contributed by atoms with Gasteiger partial charge in [0.25, 0.3) is 0 Å². The number of fused-ring (bicyclic) bond motifs is 2. The van der Waals surface area contributed by atoms with Crippen molar-refractivity contribution in [3.05, 3.63) is 23.8 Å². The molecule has 1 saturated carbocycles. The number of hydrogen-bond donors (Lipinski definition) is 1. The number of carbonyl (C=O) groups is 1. The van der Waals surface area contributed by atoms with Gasteiger partial charge in [-0.3, -0.25) is 0 Å². The molecular weight excluding hydrogens is 228 g/mol. The summed E-state index contributed by atoms with van der Waals surface area (Å²) in [6.07, 6.45) is 4.59. The predicted octanol–water partition coefficient (Wildman–Crippen LogP) is 2.21. The quantitative estimate of drug-likeness (QED) is 0.406. The van der Waals surface area contributed by atoms with Gasteiger partial charge in [-0.2, -0.15) is 0 Å². The van der Waals surface area contributed by atoms with Gasteiger partial charge in [0.05, 0.1) is 5.60 Å². The van der Waals surface area contributed by atoms with Gasteiger partial charge < -0.3 is 9.84 Å². The standard InChI is InChI=1S/C15H20O3/c1-8-6-13-11(9(2)14(16)18-13)7-12-10(8)4-5-15(12,3)17/h6,10-13,17H,2,4-5,7H2,1,3H3/t10-,11+,12+,13-,15-/m0/s1. The van der Waals surface area contributed by atoms with Crippen LogP contribution in [-0.2, 0) is 9.53 Å². The Labute approximate surface area is 108 Å². The van der Waals surface area contributed by atoms with Crippen LogP contribution in [0.2, 0.25) is 0 Å². The zero-order valence-corrected chi connectivity index (χ0v) is 11.0. The lowest BCUT2D eigenvalue weighted by atomic mass is 9.78. The summed E-state index contributed by atoms with van der Waals surface area (Å²) in [4.78, 5) is 11.6. The number of aliphatic hydroxyl groups is 1. The maximum atomic E-state index is 11.6. The molecule has 5 atom stereocenters. The Morgan fingerprint density at radius 2 is 2.22 bits per heavy atom. The van der Waals surface area contributed by atoms with E-state index in [4.69, 9.17) is 4.74 Å². The van der Waals surface area contributed by atoms with Gasteiger partial charge in [0.1, 0.15) is 6.10 Å². The van der Waals surface area contributed by atoms with E-state index in [1.165, 1.54) is 5.57 Å². The summed E-state index contributed by atoms with van der Waals surface area (Å²) in [5.74, 6) is 0.421. The maximum Gasteiger partial charge on any atom is 0.334 e. The smallest absolute Gasteiger partial charge is 0.334 e. The van der Waals surface area contributed by atoms with Crippen LogP contribution in [0.1, 0.15) is 33.1 Å². The zero-order chi connectivity index (χ0) is 13.1. The van der Waals surface area contributed by atoms with Crippen LogP contribution in [0, 0.1) is 17.8 Å². The molecule has 0 aromatic rings. The van der Waals surface area contributed by atoms with Gasteiger partial charge in [0.2, 0.25) is 0 Å². The summed E-state index contributed by atoms with van der Waals surface area (Å²) >= 11 is 0. The van der Waals surface area contributed by atoms with E-state index in [0.717, 1.165) is 19.3 Å². The van der Waals surface area contributed by atoms with Gasteiger partial charge in [0, 0.05) is 11.5 Å². The highest BCUT2D eigenvalue weighted by Crippen LogP contribution is 2.51. The summed E-state index contributed by atoms with van der Waals surface area (Å²) < 4.78 is 5.36. The van der Waals surface area contributed by atoms with Crippen molar-refractivity contribution in [2.75, 3.05) is 0 Å². The highest BCUT2D eigenvalue weighted by Gasteiger charge is 2.50. The Morgan fingerprint density at radius 3 is 2.94 bits per heavy atom. The van der Waals surface area contributed by atoms with E-state index in [9.17, 15) is 9.90 Å². The second kappa shape index (κ2) is 3.70. The second-order valence-electron chi connectivity index (χ2n) is 6.26. The number of hydrogen-bond acceptors (Lipinski definition) is 3. The molecule has 3 aliphatic rings. The molecule has 1 heterocycles. The lowest BCUT2D eigenvalue weighted by molar-refractivity contribution is -0.137. The van der Waals surface area contributed by atoms with Crippen molar-refractivity contribution in [1.82, 2.24) is 0 Å². The molecule has 3 nitrogen and oxygen atoms in total. The van der Waals surface area contributed by atoms with Crippen molar-refractivity contribution < 1.29 is 14.6 Å². The van der Waals surface area contributed by atoms with Crippen LogP contribution in [0.15, 0.2) is 23.8 Å². The van der Waals surface area contributed by atoms with Crippen LogP contribution in [0.4, 0.5) is 0 Å². The third-order valence-corrected chi connectivity index (χ3v) is 5.12. The van der Waals surface area contributed by atoms with E-state index in [2.05, 4.69) is 19.6 Å². The number of rotatable bonds is 0. The van der Waals surface area contributed by atoms with Gasteiger partial charge in [-0.15, -0.1) is 0 Å². The topological polar surface area (TPSA) is 46.5 Å². The fourth-order valence-corrected chi connectivity index (χ4v) is 3.94. The van der Waals surface area contributed by atoms with E-state index >= 15 is 0 Å². The lowest BCUT2D eigenvalue weighted by Gasteiger charge is -2.30. The van der Waals surface area contributed by atoms with E-state index in [0.29, 0.717) is 11.5 Å². The molecule has 1 N–H and O–H groups in total. The Morgan fingerprint density at radius 1 is 1.50 bits per heavy atom.